The third-order valence-electron chi connectivity index (χ3n) is 6.53. The summed E-state index contributed by atoms with van der Waals surface area (Å²) in [7, 11) is 0. The third-order valence-corrected chi connectivity index (χ3v) is 7.27. The van der Waals surface area contributed by atoms with Gasteiger partial charge in [0.05, 0.1) is 10.0 Å². The average Bonchev–Trinajstić information content (AvgIpc) is 3.30. The summed E-state index contributed by atoms with van der Waals surface area (Å²) < 4.78 is 0. The van der Waals surface area contributed by atoms with Gasteiger partial charge in [0.2, 0.25) is 5.91 Å². The second kappa shape index (κ2) is 11.8. The number of hydrogen-bond acceptors (Lipinski definition) is 2. The minimum Gasteiger partial charge on any atom is -0.361 e. The summed E-state index contributed by atoms with van der Waals surface area (Å²) in [6, 6.07) is 20.9. The second-order valence-corrected chi connectivity index (χ2v) is 10.4. The van der Waals surface area contributed by atoms with E-state index in [0.717, 1.165) is 22.0 Å². The molecule has 0 saturated heterocycles. The Hall–Kier alpha value is -3.28. The highest BCUT2D eigenvalue weighted by Gasteiger charge is 2.25. The van der Waals surface area contributed by atoms with Crippen molar-refractivity contribution in [2.75, 3.05) is 13.1 Å². The van der Waals surface area contributed by atoms with E-state index in [1.54, 1.807) is 23.1 Å². The van der Waals surface area contributed by atoms with Crippen LogP contribution in [0, 0.1) is 6.92 Å². The first-order valence-corrected chi connectivity index (χ1v) is 13.1. The maximum absolute atomic E-state index is 13.7. The van der Waals surface area contributed by atoms with E-state index >= 15 is 0 Å². The highest BCUT2D eigenvalue weighted by atomic mass is 35.5. The van der Waals surface area contributed by atoms with Crippen LogP contribution in [0.25, 0.3) is 10.9 Å². The molecular weight excluding hydrogens is 505 g/mol. The molecule has 0 aliphatic heterocycles. The minimum atomic E-state index is -0.256. The number of amides is 2. The van der Waals surface area contributed by atoms with Crippen LogP contribution in [0.2, 0.25) is 10.0 Å². The van der Waals surface area contributed by atoms with E-state index in [1.165, 1.54) is 5.56 Å². The number of aromatic nitrogens is 1. The molecule has 7 heteroatoms. The van der Waals surface area contributed by atoms with Crippen molar-refractivity contribution in [3.63, 3.8) is 0 Å². The van der Waals surface area contributed by atoms with Gasteiger partial charge >= 0.3 is 0 Å². The van der Waals surface area contributed by atoms with E-state index < -0.39 is 0 Å². The van der Waals surface area contributed by atoms with Gasteiger partial charge < -0.3 is 14.8 Å². The predicted molar refractivity (Wildman–Crippen MR) is 151 cm³/mol. The first-order valence-electron chi connectivity index (χ1n) is 12.4. The van der Waals surface area contributed by atoms with Crippen molar-refractivity contribution in [1.82, 2.24) is 14.8 Å². The van der Waals surface area contributed by atoms with E-state index in [2.05, 4.69) is 11.1 Å². The summed E-state index contributed by atoms with van der Waals surface area (Å²) in [6.07, 6.45) is 2.71. The van der Waals surface area contributed by atoms with Crippen molar-refractivity contribution in [2.24, 2.45) is 0 Å². The fourth-order valence-corrected chi connectivity index (χ4v) is 4.63. The van der Waals surface area contributed by atoms with Gasteiger partial charge in [-0.15, -0.1) is 0 Å². The van der Waals surface area contributed by atoms with Crippen molar-refractivity contribution in [3.8, 4) is 0 Å². The highest BCUT2D eigenvalue weighted by Crippen LogP contribution is 2.24. The summed E-state index contributed by atoms with van der Waals surface area (Å²) in [4.78, 5) is 33.8. The fourth-order valence-electron chi connectivity index (χ4n) is 4.33. The van der Waals surface area contributed by atoms with Crippen molar-refractivity contribution < 1.29 is 9.59 Å². The Labute approximate surface area is 228 Å². The molecule has 0 atom stereocenters. The molecule has 1 N–H and O–H groups in total. The van der Waals surface area contributed by atoms with Crippen LogP contribution in [0.5, 0.6) is 0 Å². The Morgan fingerprint density at radius 3 is 2.38 bits per heavy atom. The number of aromatic amines is 1. The molecule has 0 spiro atoms. The Kier molecular flexibility index (Phi) is 8.57. The zero-order valence-corrected chi connectivity index (χ0v) is 22.8. The van der Waals surface area contributed by atoms with Crippen LogP contribution >= 0.6 is 23.2 Å². The number of rotatable bonds is 9. The number of carbonyl (C=O) groups is 2. The molecule has 5 nitrogen and oxygen atoms in total. The lowest BCUT2D eigenvalue weighted by molar-refractivity contribution is -0.132. The average molecular weight is 537 g/mol. The molecule has 4 aromatic rings. The number of nitrogens with zero attached hydrogens (tertiary/aromatic N) is 2. The smallest absolute Gasteiger partial charge is 0.254 e. The van der Waals surface area contributed by atoms with Crippen LogP contribution < -0.4 is 0 Å². The largest absolute Gasteiger partial charge is 0.361 e. The molecule has 1 heterocycles. The second-order valence-electron chi connectivity index (χ2n) is 9.57. The van der Waals surface area contributed by atoms with Crippen LogP contribution in [0.1, 0.15) is 40.9 Å². The lowest BCUT2D eigenvalue weighted by Gasteiger charge is -2.30. The molecule has 0 fully saturated rings. The minimum absolute atomic E-state index is 0.0313. The summed E-state index contributed by atoms with van der Waals surface area (Å²) in [6.45, 7) is 6.81. The van der Waals surface area contributed by atoms with Gasteiger partial charge in [-0.3, -0.25) is 9.59 Å². The van der Waals surface area contributed by atoms with Crippen molar-refractivity contribution >= 4 is 45.9 Å². The summed E-state index contributed by atoms with van der Waals surface area (Å²) in [5.41, 5.74) is 4.85. The number of aryl methyl sites for hydroxylation is 1. The molecule has 37 heavy (non-hydrogen) atoms. The van der Waals surface area contributed by atoms with Crippen LogP contribution in [0.4, 0.5) is 0 Å². The third kappa shape index (κ3) is 6.54. The molecule has 192 valence electrons. The molecule has 2 amide bonds. The van der Waals surface area contributed by atoms with Gasteiger partial charge in [0.15, 0.2) is 0 Å². The molecule has 0 aliphatic carbocycles. The number of nitrogens with one attached hydrogen (secondary N) is 1. The normalized spacial score (nSPS) is 11.2. The first kappa shape index (κ1) is 26.8. The summed E-state index contributed by atoms with van der Waals surface area (Å²) >= 11 is 12.2. The Morgan fingerprint density at radius 1 is 0.946 bits per heavy atom. The van der Waals surface area contributed by atoms with Crippen LogP contribution in [0.3, 0.4) is 0 Å². The SMILES string of the molecule is Cc1ccc(CN(CCc2c[nH]c3ccccc23)C(=O)CN(C(=O)c2ccc(Cl)c(Cl)c2)C(C)C)cc1. The van der Waals surface area contributed by atoms with E-state index in [1.807, 2.05) is 74.3 Å². The Morgan fingerprint density at radius 2 is 1.68 bits per heavy atom. The molecule has 0 bridgehead atoms. The quantitative estimate of drug-likeness (QED) is 0.253. The monoisotopic (exact) mass is 535 g/mol. The number of H-pyrrole nitrogens is 1. The molecule has 0 radical (unpaired) electrons. The summed E-state index contributed by atoms with van der Waals surface area (Å²) in [5.74, 6) is -0.364. The lowest BCUT2D eigenvalue weighted by atomic mass is 10.1. The molecule has 0 saturated carbocycles. The summed E-state index contributed by atoms with van der Waals surface area (Å²) in [5, 5.41) is 1.85. The predicted octanol–water partition coefficient (Wildman–Crippen LogP) is 6.91. The molecule has 0 aliphatic rings. The highest BCUT2D eigenvalue weighted by molar-refractivity contribution is 6.42. The number of hydrogen-bond donors (Lipinski definition) is 1. The number of para-hydroxylation sites is 1. The van der Waals surface area contributed by atoms with Crippen LogP contribution in [-0.2, 0) is 17.8 Å². The zero-order valence-electron chi connectivity index (χ0n) is 21.3. The molecule has 0 unspecified atom stereocenters. The van der Waals surface area contributed by atoms with Gasteiger partial charge in [0.1, 0.15) is 6.54 Å². The molecule has 3 aromatic carbocycles. The van der Waals surface area contributed by atoms with Crippen LogP contribution in [-0.4, -0.2) is 45.7 Å². The fraction of sp³-hybridized carbons (Fsp3) is 0.267. The van der Waals surface area contributed by atoms with E-state index in [-0.39, 0.29) is 24.4 Å². The zero-order chi connectivity index (χ0) is 26.5. The van der Waals surface area contributed by atoms with Crippen LogP contribution in [0.15, 0.2) is 72.9 Å². The standard InChI is InChI=1S/C30H31Cl2N3O2/c1-20(2)35(30(37)23-12-13-26(31)27(32)16-23)19-29(36)34(18-22-10-8-21(3)9-11-22)15-14-24-17-33-28-7-5-4-6-25(24)28/h4-13,16-17,20,33H,14-15,18-19H2,1-3H3. The number of carbonyl (C=O) groups excluding carboxylic acids is 2. The van der Waals surface area contributed by atoms with E-state index in [0.29, 0.717) is 35.1 Å². The Bertz CT molecular complexity index is 1400. The van der Waals surface area contributed by atoms with E-state index in [4.69, 9.17) is 23.2 Å². The first-order chi connectivity index (χ1) is 17.7. The van der Waals surface area contributed by atoms with Crippen molar-refractivity contribution in [1.29, 1.82) is 0 Å². The van der Waals surface area contributed by atoms with Gasteiger partial charge in [-0.2, -0.15) is 0 Å². The number of benzene rings is 3. The van der Waals surface area contributed by atoms with Crippen molar-refractivity contribution in [3.05, 3.63) is 105 Å². The Balaban J connectivity index is 1.55. The molecule has 1 aromatic heterocycles. The topological polar surface area (TPSA) is 56.4 Å². The number of fused-ring (bicyclic) bond motifs is 1. The van der Waals surface area contributed by atoms with Crippen molar-refractivity contribution in [2.45, 2.75) is 39.8 Å². The lowest BCUT2D eigenvalue weighted by Crippen LogP contribution is -2.46. The molecular formula is C30H31Cl2N3O2. The van der Waals surface area contributed by atoms with Gasteiger partial charge in [-0.1, -0.05) is 71.2 Å². The van der Waals surface area contributed by atoms with Gasteiger partial charge in [-0.05, 0) is 62.6 Å². The maximum Gasteiger partial charge on any atom is 0.254 e. The van der Waals surface area contributed by atoms with Gasteiger partial charge in [0.25, 0.3) is 5.91 Å². The van der Waals surface area contributed by atoms with E-state index in [9.17, 15) is 9.59 Å². The molecule has 4 rings (SSSR count). The maximum atomic E-state index is 13.7. The van der Waals surface area contributed by atoms with Gasteiger partial charge in [-0.25, -0.2) is 0 Å². The van der Waals surface area contributed by atoms with Gasteiger partial charge in [0, 0.05) is 41.8 Å². The number of halogens is 2.